The third-order valence-corrected chi connectivity index (χ3v) is 20.5. The molecule has 0 aromatic rings. The maximum Gasteiger partial charge on any atom is 0.0782 e. The lowest BCUT2D eigenvalue weighted by molar-refractivity contribution is -0.890. The van der Waals surface area contributed by atoms with Crippen LogP contribution in [0.1, 0.15) is 490 Å². The van der Waals surface area contributed by atoms with E-state index in [4.69, 9.17) is 0 Å². The molecule has 88 heavy (non-hydrogen) atoms. The quantitative estimate of drug-likeness (QED) is 0.0421. The lowest BCUT2D eigenvalue weighted by Gasteiger charge is -2.30. The average Bonchev–Trinajstić information content (AvgIpc) is 3.50. The molecule has 536 valence electrons. The van der Waals surface area contributed by atoms with Crippen LogP contribution in [-0.4, -0.2) is 63.3 Å². The first-order chi connectivity index (χ1) is 42.2. The van der Waals surface area contributed by atoms with E-state index in [1.807, 2.05) is 0 Å². The predicted molar refractivity (Wildman–Crippen MR) is 399 cm³/mol. The molecule has 0 bridgehead atoms. The van der Waals surface area contributed by atoms with Crippen LogP contribution in [0.15, 0.2) is 0 Å². The van der Waals surface area contributed by atoms with Crippen LogP contribution in [0.3, 0.4) is 0 Å². The summed E-state index contributed by atoms with van der Waals surface area (Å²) in [4.78, 5) is 0. The highest BCUT2D eigenvalue weighted by molar-refractivity contribution is 4.57. The van der Waals surface area contributed by atoms with Crippen molar-refractivity contribution in [2.24, 2.45) is 0 Å². The summed E-state index contributed by atoms with van der Waals surface area (Å²) in [5.41, 5.74) is 0. The summed E-state index contributed by atoms with van der Waals surface area (Å²) in [6, 6.07) is 0. The van der Waals surface area contributed by atoms with Gasteiger partial charge in [-0.15, -0.1) is 0 Å². The molecule has 0 unspecified atom stereocenters. The second kappa shape index (κ2) is 83.6. The van der Waals surface area contributed by atoms with Crippen molar-refractivity contribution in [2.45, 2.75) is 490 Å². The van der Waals surface area contributed by atoms with E-state index in [0.717, 1.165) is 0 Å². The molecule has 0 amide bonds. The zero-order chi connectivity index (χ0) is 62.7. The van der Waals surface area contributed by atoms with Gasteiger partial charge in [-0.05, 0) is 51.4 Å². The van der Waals surface area contributed by atoms with E-state index in [1.54, 1.807) is 0 Å². The predicted octanol–water partition coefficient (Wildman–Crippen LogP) is 24.3. The van der Waals surface area contributed by atoms with Crippen LogP contribution in [0.4, 0.5) is 0 Å². The summed E-state index contributed by atoms with van der Waals surface area (Å²) in [5.74, 6) is 0. The molecule has 0 rings (SSSR count). The van der Waals surface area contributed by atoms with Crippen molar-refractivity contribution in [1.82, 2.24) is 0 Å². The van der Waals surface area contributed by atoms with E-state index in [-0.39, 0.29) is 24.8 Å². The second-order valence-electron chi connectivity index (χ2n) is 30.8. The van der Waals surface area contributed by atoms with E-state index in [9.17, 15) is 0 Å². The van der Waals surface area contributed by atoms with Crippen molar-refractivity contribution in [3.63, 3.8) is 0 Å². The molecule has 0 heterocycles. The number of nitrogens with zero attached hydrogens (tertiary/aromatic N) is 2. The number of unbranched alkanes of at least 4 members (excludes halogenated alkanes) is 68. The standard InChI is InChI=1S/2C42H88N.2ClH/c2*1-5-7-9-11-13-15-17-19-21-23-25-27-29-31-33-35-37-39-41-43(3,4)42-40-38-36-34-32-30-28-26-24-22-20-18-16-14-12-10-8-6-2;;/h2*5-42H2,1-4H3;2*1H/q2*+1;;/p-2. The van der Waals surface area contributed by atoms with Gasteiger partial charge in [-0.3, -0.25) is 0 Å². The Hall–Kier alpha value is 0.500. The topological polar surface area (TPSA) is 0 Å². The maximum atomic E-state index is 2.47. The van der Waals surface area contributed by atoms with Gasteiger partial charge in [0.15, 0.2) is 0 Å². The average molecular weight is 1290 g/mol. The van der Waals surface area contributed by atoms with Crippen LogP contribution in [0.2, 0.25) is 0 Å². The Bertz CT molecular complexity index is 984. The molecule has 0 saturated heterocycles. The van der Waals surface area contributed by atoms with Crippen LogP contribution in [0.5, 0.6) is 0 Å². The highest BCUT2D eigenvalue weighted by Crippen LogP contribution is 2.21. The molecule has 0 N–H and O–H groups in total. The lowest BCUT2D eigenvalue weighted by atomic mass is 10.0. The Morgan fingerprint density at radius 3 is 0.261 bits per heavy atom. The van der Waals surface area contributed by atoms with Crippen molar-refractivity contribution >= 4 is 0 Å². The zero-order valence-electron chi connectivity index (χ0n) is 63.4. The zero-order valence-corrected chi connectivity index (χ0v) is 64.9. The SMILES string of the molecule is CCCCCCCCCCCCCCCCCCCC[N+](C)(C)CCCCCCCCCCCCCCCCCCCC.CCCCCCCCCCCCCCCCCCCC[N+](C)(C)CCCCCCCCCCCCCCCCCCCC.[Cl-].[Cl-]. The van der Waals surface area contributed by atoms with Gasteiger partial charge in [0, 0.05) is 0 Å². The van der Waals surface area contributed by atoms with Crippen LogP contribution in [0.25, 0.3) is 0 Å². The number of hydrogen-bond acceptors (Lipinski definition) is 0. The van der Waals surface area contributed by atoms with E-state index in [2.05, 4.69) is 55.9 Å². The number of hydrogen-bond donors (Lipinski definition) is 0. The van der Waals surface area contributed by atoms with E-state index in [0.29, 0.717) is 0 Å². The van der Waals surface area contributed by atoms with Crippen molar-refractivity contribution in [3.8, 4) is 0 Å². The van der Waals surface area contributed by atoms with Gasteiger partial charge in [0.25, 0.3) is 0 Å². The molecule has 0 spiro atoms. The number of quaternary nitrogens is 2. The number of halogens is 2. The minimum atomic E-state index is 0. The molecule has 0 aromatic carbocycles. The molecular weight excluding hydrogens is 1110 g/mol. The highest BCUT2D eigenvalue weighted by atomic mass is 35.5. The molecule has 4 heteroatoms. The first-order valence-corrected chi connectivity index (χ1v) is 41.9. The molecule has 2 nitrogen and oxygen atoms in total. The van der Waals surface area contributed by atoms with Crippen molar-refractivity contribution in [3.05, 3.63) is 0 Å². The Labute approximate surface area is 574 Å². The van der Waals surface area contributed by atoms with Gasteiger partial charge in [0.05, 0.1) is 54.4 Å². The fourth-order valence-corrected chi connectivity index (χ4v) is 14.0. The van der Waals surface area contributed by atoms with Gasteiger partial charge in [0.2, 0.25) is 0 Å². The largest absolute Gasteiger partial charge is 1.00 e. The summed E-state index contributed by atoms with van der Waals surface area (Å²) in [6.07, 6.45) is 106. The van der Waals surface area contributed by atoms with Crippen LogP contribution < -0.4 is 24.8 Å². The van der Waals surface area contributed by atoms with Crippen molar-refractivity contribution < 1.29 is 33.8 Å². The van der Waals surface area contributed by atoms with Gasteiger partial charge in [-0.2, -0.15) is 0 Å². The lowest BCUT2D eigenvalue weighted by Crippen LogP contribution is -3.00. The monoisotopic (exact) mass is 1280 g/mol. The third kappa shape index (κ3) is 88.6. The van der Waals surface area contributed by atoms with Gasteiger partial charge in [0.1, 0.15) is 0 Å². The van der Waals surface area contributed by atoms with Gasteiger partial charge in [-0.25, -0.2) is 0 Å². The molecule has 0 aliphatic rings. The minimum absolute atomic E-state index is 0. The highest BCUT2D eigenvalue weighted by Gasteiger charge is 2.15. The minimum Gasteiger partial charge on any atom is -1.00 e. The molecular formula is C84H176Cl2N2. The Balaban J connectivity index is -0.000000784. The smallest absolute Gasteiger partial charge is 0.0782 e. The van der Waals surface area contributed by atoms with Crippen molar-refractivity contribution in [1.29, 1.82) is 0 Å². The second-order valence-corrected chi connectivity index (χ2v) is 30.8. The normalized spacial score (nSPS) is 11.7. The molecule has 0 aromatic heterocycles. The van der Waals surface area contributed by atoms with Crippen LogP contribution in [-0.2, 0) is 0 Å². The van der Waals surface area contributed by atoms with E-state index < -0.39 is 0 Å². The molecule has 0 saturated carbocycles. The third-order valence-electron chi connectivity index (χ3n) is 20.5. The van der Waals surface area contributed by atoms with Crippen LogP contribution in [0, 0.1) is 0 Å². The Morgan fingerprint density at radius 2 is 0.182 bits per heavy atom. The molecule has 0 aliphatic carbocycles. The summed E-state index contributed by atoms with van der Waals surface area (Å²) < 4.78 is 2.50. The first kappa shape index (κ1) is 94.9. The fourth-order valence-electron chi connectivity index (χ4n) is 14.0. The summed E-state index contributed by atoms with van der Waals surface area (Å²) in [5, 5.41) is 0. The summed E-state index contributed by atoms with van der Waals surface area (Å²) in [6.45, 7) is 14.8. The number of rotatable bonds is 76. The first-order valence-electron chi connectivity index (χ1n) is 41.9. The Kier molecular flexibility index (Phi) is 90.1. The molecule has 0 atom stereocenters. The van der Waals surface area contributed by atoms with Gasteiger partial charge < -0.3 is 33.8 Å². The van der Waals surface area contributed by atoms with Gasteiger partial charge >= 0.3 is 0 Å². The molecule has 0 fully saturated rings. The van der Waals surface area contributed by atoms with E-state index in [1.165, 1.54) is 497 Å². The fraction of sp³-hybridized carbons (Fsp3) is 1.00. The molecule has 0 aliphatic heterocycles. The van der Waals surface area contributed by atoms with Gasteiger partial charge in [-0.1, -0.05) is 439 Å². The summed E-state index contributed by atoms with van der Waals surface area (Å²) in [7, 11) is 9.89. The summed E-state index contributed by atoms with van der Waals surface area (Å²) >= 11 is 0. The molecule has 0 radical (unpaired) electrons. The van der Waals surface area contributed by atoms with Crippen molar-refractivity contribution in [2.75, 3.05) is 54.4 Å². The van der Waals surface area contributed by atoms with E-state index >= 15 is 0 Å². The maximum absolute atomic E-state index is 2.47. The Morgan fingerprint density at radius 1 is 0.114 bits per heavy atom. The van der Waals surface area contributed by atoms with Crippen LogP contribution >= 0.6 is 0 Å².